The summed E-state index contributed by atoms with van der Waals surface area (Å²) in [5.41, 5.74) is -2.95. The average Bonchev–Trinajstić information content (AvgIpc) is 2.32. The summed E-state index contributed by atoms with van der Waals surface area (Å²) in [5.74, 6) is -7.65. The molecule has 0 rings (SSSR count). The minimum Gasteiger partial charge on any atom is -0.550 e. The maximum Gasteiger partial charge on any atom is 2.00 e. The third-order valence-electron chi connectivity index (χ3n) is 2.67. The predicted molar refractivity (Wildman–Crippen MR) is 79.5 cm³/mol. The third-order valence-corrected chi connectivity index (χ3v) is 2.67. The fourth-order valence-corrected chi connectivity index (χ4v) is 1.77. The van der Waals surface area contributed by atoms with E-state index in [2.05, 4.69) is 4.74 Å². The smallest absolute Gasteiger partial charge is 0.550 e. The summed E-state index contributed by atoms with van der Waals surface area (Å²) in [5, 5.41) is 49.0. The summed E-state index contributed by atoms with van der Waals surface area (Å²) in [6.07, 6.45) is -3.65. The van der Waals surface area contributed by atoms with Crippen LogP contribution in [0.3, 0.4) is 0 Å². The molecule has 0 bridgehead atoms. The number of hydrogen-bond donors (Lipinski definition) is 2. The number of rotatable bonds is 9. The SMILES string of the molecule is CC(=O)OC(=O)CC(O)(CC(=O)[O-])C(=O)[O-].C[N+](C)(C)C[C@H](O)CC(=O)[O-].[Zn+2]. The Bertz CT molecular complexity index is 573. The number of aliphatic carboxylic acids is 3. The van der Waals surface area contributed by atoms with Gasteiger partial charge in [-0.25, -0.2) is 0 Å². The number of carbonyl (C=O) groups is 5. The van der Waals surface area contributed by atoms with Gasteiger partial charge in [0.15, 0.2) is 0 Å². The maximum atomic E-state index is 10.8. The molecule has 0 aliphatic rings. The summed E-state index contributed by atoms with van der Waals surface area (Å²) in [7, 11) is 5.66. The Morgan fingerprint density at radius 3 is 1.75 bits per heavy atom. The van der Waals surface area contributed by atoms with Crippen molar-refractivity contribution >= 4 is 29.8 Å². The molecule has 2 atom stereocenters. The first-order chi connectivity index (χ1) is 12.0. The van der Waals surface area contributed by atoms with Crippen molar-refractivity contribution in [3.8, 4) is 0 Å². The first-order valence-electron chi connectivity index (χ1n) is 7.52. The molecule has 0 fully saturated rings. The molecule has 0 heterocycles. The summed E-state index contributed by atoms with van der Waals surface area (Å²) < 4.78 is 4.49. The molecule has 0 aromatic carbocycles. The van der Waals surface area contributed by atoms with Gasteiger partial charge in [-0.2, -0.15) is 0 Å². The van der Waals surface area contributed by atoms with E-state index in [-0.39, 0.29) is 25.9 Å². The molecule has 13 heteroatoms. The van der Waals surface area contributed by atoms with E-state index in [1.54, 1.807) is 0 Å². The topological polar surface area (TPSA) is 204 Å². The number of nitrogens with zero attached hydrogens (tertiary/aromatic N) is 1. The molecule has 0 spiro atoms. The van der Waals surface area contributed by atoms with Crippen LogP contribution in [0.15, 0.2) is 0 Å². The molecule has 0 aromatic rings. The molecule has 1 unspecified atom stereocenters. The van der Waals surface area contributed by atoms with Crippen LogP contribution in [-0.2, 0) is 48.2 Å². The predicted octanol–water partition coefficient (Wildman–Crippen LogP) is -5.72. The van der Waals surface area contributed by atoms with Gasteiger partial charge >= 0.3 is 31.4 Å². The van der Waals surface area contributed by atoms with Gasteiger partial charge in [0.1, 0.15) is 18.2 Å². The number of carboxylic acid groups (broad SMARTS) is 3. The van der Waals surface area contributed by atoms with E-state index < -0.39 is 54.4 Å². The van der Waals surface area contributed by atoms with E-state index in [0.29, 0.717) is 11.0 Å². The van der Waals surface area contributed by atoms with Crippen molar-refractivity contribution in [3.05, 3.63) is 0 Å². The first kappa shape index (κ1) is 30.8. The number of esters is 2. The number of likely N-dealkylation sites (N-methyl/N-ethyl adjacent to an activating group) is 1. The summed E-state index contributed by atoms with van der Waals surface area (Å²) in [4.78, 5) is 51.8. The van der Waals surface area contributed by atoms with Gasteiger partial charge in [0, 0.05) is 31.7 Å². The Labute approximate surface area is 174 Å². The molecule has 0 radical (unpaired) electrons. The molecule has 0 saturated carbocycles. The van der Waals surface area contributed by atoms with Crippen LogP contribution in [-0.4, -0.2) is 83.9 Å². The molecule has 28 heavy (non-hydrogen) atoms. The van der Waals surface area contributed by atoms with Crippen LogP contribution in [0.4, 0.5) is 0 Å². The second kappa shape index (κ2) is 13.3. The van der Waals surface area contributed by atoms with E-state index >= 15 is 0 Å². The van der Waals surface area contributed by atoms with E-state index in [1.165, 1.54) is 0 Å². The van der Waals surface area contributed by atoms with Crippen LogP contribution in [0.25, 0.3) is 0 Å². The quantitative estimate of drug-likeness (QED) is 0.144. The Kier molecular flexibility index (Phi) is 14.6. The number of carbonyl (C=O) groups excluding carboxylic acids is 5. The monoisotopic (exact) mass is 457 g/mol. The van der Waals surface area contributed by atoms with Gasteiger partial charge in [0.25, 0.3) is 0 Å². The van der Waals surface area contributed by atoms with Crippen molar-refractivity contribution in [2.24, 2.45) is 0 Å². The molecule has 2 N–H and O–H groups in total. The van der Waals surface area contributed by atoms with Crippen LogP contribution < -0.4 is 15.3 Å². The molecule has 0 saturated heterocycles. The summed E-state index contributed by atoms with van der Waals surface area (Å²) >= 11 is 0. The second-order valence-electron chi connectivity index (χ2n) is 6.71. The zero-order valence-corrected chi connectivity index (χ0v) is 19.1. The number of carboxylic acids is 3. The third kappa shape index (κ3) is 17.5. The summed E-state index contributed by atoms with van der Waals surface area (Å²) in [6, 6.07) is 0. The number of ether oxygens (including phenoxy) is 1. The van der Waals surface area contributed by atoms with Crippen molar-refractivity contribution in [1.82, 2.24) is 0 Å². The van der Waals surface area contributed by atoms with Crippen LogP contribution >= 0.6 is 0 Å². The van der Waals surface area contributed by atoms with E-state index in [9.17, 15) is 44.4 Å². The van der Waals surface area contributed by atoms with Gasteiger partial charge in [-0.05, 0) is 0 Å². The molecular formula is C15H23NO11Zn. The Morgan fingerprint density at radius 2 is 1.46 bits per heavy atom. The molecule has 156 valence electrons. The Hall–Kier alpha value is -1.95. The van der Waals surface area contributed by atoms with E-state index in [1.807, 2.05) is 21.1 Å². The van der Waals surface area contributed by atoms with Crippen molar-refractivity contribution in [2.75, 3.05) is 27.7 Å². The molecule has 0 aliphatic carbocycles. The van der Waals surface area contributed by atoms with Gasteiger partial charge in [-0.3, -0.25) is 9.59 Å². The van der Waals surface area contributed by atoms with Crippen LogP contribution in [0.1, 0.15) is 26.2 Å². The molecule has 12 nitrogen and oxygen atoms in total. The Balaban J connectivity index is -0.000000460. The van der Waals surface area contributed by atoms with Crippen LogP contribution in [0.2, 0.25) is 0 Å². The van der Waals surface area contributed by atoms with Crippen LogP contribution in [0.5, 0.6) is 0 Å². The fraction of sp³-hybridized carbons (Fsp3) is 0.667. The van der Waals surface area contributed by atoms with Crippen molar-refractivity contribution in [3.63, 3.8) is 0 Å². The van der Waals surface area contributed by atoms with Gasteiger partial charge < -0.3 is 49.1 Å². The number of aliphatic hydroxyl groups excluding tert-OH is 1. The minimum atomic E-state index is -2.95. The normalized spacial score (nSPS) is 13.5. The van der Waals surface area contributed by atoms with E-state index in [0.717, 1.165) is 6.92 Å². The maximum absolute atomic E-state index is 10.8. The van der Waals surface area contributed by atoms with Crippen molar-refractivity contribution in [1.29, 1.82) is 0 Å². The first-order valence-corrected chi connectivity index (χ1v) is 7.52. The van der Waals surface area contributed by atoms with Gasteiger partial charge in [0.05, 0.1) is 33.5 Å². The van der Waals surface area contributed by atoms with Gasteiger partial charge in [-0.1, -0.05) is 0 Å². The number of aliphatic hydroxyl groups is 2. The fourth-order valence-electron chi connectivity index (χ4n) is 1.77. The molecular weight excluding hydrogens is 436 g/mol. The molecule has 0 aliphatic heterocycles. The molecule has 0 aromatic heterocycles. The standard InChI is InChI=1S/C8H10O8.C7H15NO3.Zn/c1-4(9)16-6(12)3-8(15,7(13)14)2-5(10)11;1-8(2,3)5-6(9)4-7(10)11;/h15H,2-3H2,1H3,(H,10,11)(H,13,14);6,9H,4-5H2,1-3H3;/q;;+2/p-2/t;6-;/m.1./s1. The largest absolute Gasteiger partial charge is 2.00 e. The van der Waals surface area contributed by atoms with Crippen LogP contribution in [0, 0.1) is 0 Å². The second-order valence-corrected chi connectivity index (χ2v) is 6.71. The Morgan fingerprint density at radius 1 is 1.00 bits per heavy atom. The molecule has 0 amide bonds. The van der Waals surface area contributed by atoms with Crippen molar-refractivity contribution < 1.29 is 78.2 Å². The van der Waals surface area contributed by atoms with Crippen molar-refractivity contribution in [2.45, 2.75) is 37.9 Å². The average molecular weight is 459 g/mol. The zero-order chi connectivity index (χ0) is 22.0. The summed E-state index contributed by atoms with van der Waals surface area (Å²) in [6.45, 7) is 1.31. The van der Waals surface area contributed by atoms with E-state index in [4.69, 9.17) is 5.11 Å². The van der Waals surface area contributed by atoms with Gasteiger partial charge in [-0.15, -0.1) is 0 Å². The number of hydrogen-bond acceptors (Lipinski definition) is 11. The van der Waals surface area contributed by atoms with Gasteiger partial charge in [0.2, 0.25) is 0 Å². The minimum absolute atomic E-state index is 0. The number of quaternary nitrogens is 1. The zero-order valence-electron chi connectivity index (χ0n) is 16.1.